The summed E-state index contributed by atoms with van der Waals surface area (Å²) in [5, 5.41) is 2.67. The van der Waals surface area contributed by atoms with E-state index in [0.717, 1.165) is 14.7 Å². The van der Waals surface area contributed by atoms with Crippen LogP contribution in [0.15, 0.2) is 51.0 Å². The zero-order valence-electron chi connectivity index (χ0n) is 16.1. The van der Waals surface area contributed by atoms with Crippen molar-refractivity contribution in [3.8, 4) is 0 Å². The summed E-state index contributed by atoms with van der Waals surface area (Å²) in [6.07, 6.45) is 1.27. The summed E-state index contributed by atoms with van der Waals surface area (Å²) >= 11 is 0. The fourth-order valence-corrected chi connectivity index (χ4v) is 4.10. The maximum absolute atomic E-state index is 12.5. The number of hydrogen-bond acceptors (Lipinski definition) is 5. The van der Waals surface area contributed by atoms with Crippen molar-refractivity contribution < 1.29 is 13.2 Å². The lowest BCUT2D eigenvalue weighted by molar-refractivity contribution is -0.121. The lowest BCUT2D eigenvalue weighted by Crippen LogP contribution is -2.40. The maximum Gasteiger partial charge on any atom is 0.331 e. The number of aromatic nitrogens is 2. The average Bonchev–Trinajstić information content (AvgIpc) is 2.68. The first kappa shape index (κ1) is 21.6. The third-order valence-electron chi connectivity index (χ3n) is 4.33. The van der Waals surface area contributed by atoms with Crippen LogP contribution in [0, 0.1) is 0 Å². The SMILES string of the molecule is CCN(CC)S(=O)(=O)c1ccc(CNC(=O)Cn2ccc(=O)n(C)c2=O)cc1. The second-order valence-electron chi connectivity index (χ2n) is 6.13. The van der Waals surface area contributed by atoms with Gasteiger partial charge in [0, 0.05) is 38.9 Å². The number of nitrogens with zero attached hydrogens (tertiary/aromatic N) is 3. The van der Waals surface area contributed by atoms with Crippen molar-refractivity contribution in [3.05, 3.63) is 62.9 Å². The molecule has 152 valence electrons. The van der Waals surface area contributed by atoms with E-state index in [2.05, 4.69) is 5.32 Å². The summed E-state index contributed by atoms with van der Waals surface area (Å²) in [7, 11) is -2.18. The molecule has 1 amide bonds. The molecule has 0 aliphatic carbocycles. The van der Waals surface area contributed by atoms with Crippen molar-refractivity contribution in [2.24, 2.45) is 7.05 Å². The van der Waals surface area contributed by atoms with E-state index in [1.54, 1.807) is 26.0 Å². The highest BCUT2D eigenvalue weighted by atomic mass is 32.2. The molecule has 1 aromatic heterocycles. The maximum atomic E-state index is 12.5. The molecule has 0 saturated heterocycles. The van der Waals surface area contributed by atoms with Gasteiger partial charge in [-0.05, 0) is 17.7 Å². The van der Waals surface area contributed by atoms with Crippen molar-refractivity contribution in [1.29, 1.82) is 0 Å². The standard InChI is InChI=1S/C18H24N4O5S/c1-4-22(5-2)28(26,27)15-8-6-14(7-9-15)12-19-16(23)13-21-11-10-17(24)20(3)18(21)25/h6-11H,4-5,12-13H2,1-3H3,(H,19,23). The molecule has 1 heterocycles. The smallest absolute Gasteiger partial charge is 0.331 e. The zero-order valence-corrected chi connectivity index (χ0v) is 16.9. The minimum Gasteiger partial charge on any atom is -0.350 e. The van der Waals surface area contributed by atoms with Gasteiger partial charge in [0.1, 0.15) is 6.54 Å². The minimum absolute atomic E-state index is 0.185. The molecule has 2 rings (SSSR count). The van der Waals surface area contributed by atoms with Crippen LogP contribution < -0.4 is 16.6 Å². The third kappa shape index (κ3) is 4.76. The molecule has 9 nitrogen and oxygen atoms in total. The number of hydrogen-bond donors (Lipinski definition) is 1. The van der Waals surface area contributed by atoms with Gasteiger partial charge in [-0.1, -0.05) is 26.0 Å². The predicted octanol–water partition coefficient (Wildman–Crippen LogP) is -0.106. The zero-order chi connectivity index (χ0) is 20.9. The lowest BCUT2D eigenvalue weighted by atomic mass is 10.2. The molecule has 0 fully saturated rings. The molecule has 0 spiro atoms. The summed E-state index contributed by atoms with van der Waals surface area (Å²) < 4.78 is 28.3. The van der Waals surface area contributed by atoms with E-state index >= 15 is 0 Å². The van der Waals surface area contributed by atoms with Crippen LogP contribution in [0.1, 0.15) is 19.4 Å². The minimum atomic E-state index is -3.52. The Balaban J connectivity index is 2.02. The quantitative estimate of drug-likeness (QED) is 0.656. The molecule has 2 aromatic rings. The molecule has 1 N–H and O–H groups in total. The molecule has 0 aliphatic heterocycles. The van der Waals surface area contributed by atoms with Gasteiger partial charge < -0.3 is 5.32 Å². The highest BCUT2D eigenvalue weighted by Gasteiger charge is 2.21. The van der Waals surface area contributed by atoms with Gasteiger partial charge in [0.25, 0.3) is 5.56 Å². The van der Waals surface area contributed by atoms with E-state index < -0.39 is 27.2 Å². The molecule has 0 unspecified atom stereocenters. The van der Waals surface area contributed by atoms with Gasteiger partial charge in [-0.2, -0.15) is 4.31 Å². The topological polar surface area (TPSA) is 110 Å². The van der Waals surface area contributed by atoms with E-state index in [-0.39, 0.29) is 18.0 Å². The highest BCUT2D eigenvalue weighted by molar-refractivity contribution is 7.89. The molecule has 0 aliphatic rings. The number of sulfonamides is 1. The molecule has 1 aromatic carbocycles. The van der Waals surface area contributed by atoms with Gasteiger partial charge in [-0.15, -0.1) is 0 Å². The predicted molar refractivity (Wildman–Crippen MR) is 104 cm³/mol. The van der Waals surface area contributed by atoms with Crippen LogP contribution >= 0.6 is 0 Å². The van der Waals surface area contributed by atoms with Gasteiger partial charge in [0.2, 0.25) is 15.9 Å². The summed E-state index contributed by atoms with van der Waals surface area (Å²) in [6.45, 7) is 4.30. The largest absolute Gasteiger partial charge is 0.350 e. The summed E-state index contributed by atoms with van der Waals surface area (Å²) in [5.74, 6) is -0.402. The number of carbonyl (C=O) groups excluding carboxylic acids is 1. The monoisotopic (exact) mass is 408 g/mol. The Bertz CT molecular complexity index is 1050. The molecular formula is C18H24N4O5S. The van der Waals surface area contributed by atoms with Gasteiger partial charge in [-0.3, -0.25) is 18.7 Å². The van der Waals surface area contributed by atoms with Gasteiger partial charge >= 0.3 is 5.69 Å². The molecule has 0 atom stereocenters. The molecule has 0 saturated carbocycles. The number of benzene rings is 1. The second-order valence-corrected chi connectivity index (χ2v) is 8.07. The van der Waals surface area contributed by atoms with Crippen molar-refractivity contribution >= 4 is 15.9 Å². The van der Waals surface area contributed by atoms with Crippen LogP contribution in [0.25, 0.3) is 0 Å². The van der Waals surface area contributed by atoms with Crippen LogP contribution in [-0.2, 0) is 35.0 Å². The molecule has 28 heavy (non-hydrogen) atoms. The number of carbonyl (C=O) groups is 1. The van der Waals surface area contributed by atoms with E-state index in [0.29, 0.717) is 13.1 Å². The van der Waals surface area contributed by atoms with Crippen LogP contribution in [0.4, 0.5) is 0 Å². The summed E-state index contributed by atoms with van der Waals surface area (Å²) in [5.41, 5.74) is -0.297. The van der Waals surface area contributed by atoms with Crippen LogP contribution in [0.5, 0.6) is 0 Å². The summed E-state index contributed by atoms with van der Waals surface area (Å²) in [6, 6.07) is 7.49. The van der Waals surface area contributed by atoms with Crippen LogP contribution in [0.2, 0.25) is 0 Å². The van der Waals surface area contributed by atoms with Gasteiger partial charge in [0.15, 0.2) is 0 Å². The lowest BCUT2D eigenvalue weighted by Gasteiger charge is -2.18. The Kier molecular flexibility index (Phi) is 6.92. The van der Waals surface area contributed by atoms with Crippen molar-refractivity contribution in [2.75, 3.05) is 13.1 Å². The fourth-order valence-electron chi connectivity index (χ4n) is 2.64. The van der Waals surface area contributed by atoms with Crippen molar-refractivity contribution in [1.82, 2.24) is 18.8 Å². The Morgan fingerprint density at radius 3 is 2.25 bits per heavy atom. The van der Waals surface area contributed by atoms with Crippen molar-refractivity contribution in [3.63, 3.8) is 0 Å². The molecule has 0 bridgehead atoms. The van der Waals surface area contributed by atoms with Gasteiger partial charge in [-0.25, -0.2) is 13.2 Å². The van der Waals surface area contributed by atoms with Crippen LogP contribution in [-0.4, -0.2) is 40.9 Å². The third-order valence-corrected chi connectivity index (χ3v) is 6.39. The van der Waals surface area contributed by atoms with Crippen molar-refractivity contribution in [2.45, 2.75) is 31.8 Å². The Morgan fingerprint density at radius 2 is 1.68 bits per heavy atom. The molecule has 10 heteroatoms. The first-order valence-corrected chi connectivity index (χ1v) is 10.3. The Morgan fingerprint density at radius 1 is 1.07 bits per heavy atom. The highest BCUT2D eigenvalue weighted by Crippen LogP contribution is 2.16. The number of nitrogens with one attached hydrogen (secondary N) is 1. The van der Waals surface area contributed by atoms with Crippen LogP contribution in [0.3, 0.4) is 0 Å². The summed E-state index contributed by atoms with van der Waals surface area (Å²) in [4.78, 5) is 35.6. The van der Waals surface area contributed by atoms with E-state index in [9.17, 15) is 22.8 Å². The number of rotatable bonds is 8. The fraction of sp³-hybridized carbons (Fsp3) is 0.389. The number of amides is 1. The van der Waals surface area contributed by atoms with E-state index in [1.807, 2.05) is 0 Å². The normalized spacial score (nSPS) is 11.6. The first-order valence-electron chi connectivity index (χ1n) is 8.83. The Hall–Kier alpha value is -2.72. The average molecular weight is 408 g/mol. The Labute approximate surface area is 163 Å². The van der Waals surface area contributed by atoms with Gasteiger partial charge in [0.05, 0.1) is 4.90 Å². The van der Waals surface area contributed by atoms with E-state index in [1.165, 1.54) is 35.7 Å². The second kappa shape index (κ2) is 8.98. The molecular weight excluding hydrogens is 384 g/mol. The molecule has 0 radical (unpaired) electrons. The van der Waals surface area contributed by atoms with E-state index in [4.69, 9.17) is 0 Å². The first-order chi connectivity index (χ1) is 13.2.